The van der Waals surface area contributed by atoms with Gasteiger partial charge in [-0.05, 0) is 43.7 Å². The minimum Gasteiger partial charge on any atom is -0.496 e. The van der Waals surface area contributed by atoms with Crippen molar-refractivity contribution in [2.45, 2.75) is 24.5 Å². The average molecular weight is 337 g/mol. The van der Waals surface area contributed by atoms with Crippen LogP contribution in [0.4, 0.5) is 0 Å². The molecule has 0 amide bonds. The van der Waals surface area contributed by atoms with E-state index in [0.717, 1.165) is 16.0 Å². The summed E-state index contributed by atoms with van der Waals surface area (Å²) in [6.45, 7) is 4.28. The lowest BCUT2D eigenvalue weighted by atomic mass is 10.2. The number of methoxy groups -OCH3 is 1. The Morgan fingerprint density at radius 3 is 2.63 bits per heavy atom. The molecule has 2 aromatic rings. The van der Waals surface area contributed by atoms with Crippen LogP contribution >= 0.6 is 27.7 Å². The number of benzene rings is 2. The minimum absolute atomic E-state index is 0.910. The van der Waals surface area contributed by atoms with Gasteiger partial charge in [0, 0.05) is 20.7 Å². The second-order valence-corrected chi connectivity index (χ2v) is 6.45. The molecular weight excluding hydrogens is 320 g/mol. The van der Waals surface area contributed by atoms with Gasteiger partial charge in [-0.15, -0.1) is 11.8 Å². The molecule has 0 heterocycles. The van der Waals surface area contributed by atoms with Crippen molar-refractivity contribution in [3.63, 3.8) is 0 Å². The van der Waals surface area contributed by atoms with Crippen molar-refractivity contribution in [1.82, 2.24) is 0 Å². The van der Waals surface area contributed by atoms with Crippen LogP contribution in [0.3, 0.4) is 0 Å². The smallest absolute Gasteiger partial charge is 0.122 e. The molecular formula is C16H17BrOS. The fourth-order valence-electron chi connectivity index (χ4n) is 1.88. The molecule has 0 aliphatic rings. The van der Waals surface area contributed by atoms with Gasteiger partial charge in [0.2, 0.25) is 0 Å². The Morgan fingerprint density at radius 1 is 1.11 bits per heavy atom. The molecule has 0 spiro atoms. The number of ether oxygens (including phenoxy) is 1. The molecule has 0 atom stereocenters. The normalized spacial score (nSPS) is 10.5. The fraction of sp³-hybridized carbons (Fsp3) is 0.250. The molecule has 19 heavy (non-hydrogen) atoms. The second-order valence-electron chi connectivity index (χ2n) is 4.51. The molecule has 0 saturated carbocycles. The molecule has 0 radical (unpaired) electrons. The molecule has 0 aromatic heterocycles. The Balaban J connectivity index is 2.18. The van der Waals surface area contributed by atoms with Crippen molar-refractivity contribution >= 4 is 27.7 Å². The number of hydrogen-bond donors (Lipinski definition) is 0. The molecule has 0 unspecified atom stereocenters. The highest BCUT2D eigenvalue weighted by atomic mass is 79.9. The first-order chi connectivity index (χ1) is 9.10. The number of aryl methyl sites for hydroxylation is 2. The number of hydrogen-bond acceptors (Lipinski definition) is 2. The molecule has 100 valence electrons. The molecule has 0 fully saturated rings. The Bertz CT molecular complexity index is 581. The van der Waals surface area contributed by atoms with E-state index in [1.54, 1.807) is 7.11 Å². The zero-order valence-corrected chi connectivity index (χ0v) is 13.8. The summed E-state index contributed by atoms with van der Waals surface area (Å²) in [5, 5.41) is 0. The van der Waals surface area contributed by atoms with Gasteiger partial charge >= 0.3 is 0 Å². The summed E-state index contributed by atoms with van der Waals surface area (Å²) in [7, 11) is 1.72. The number of rotatable bonds is 4. The van der Waals surface area contributed by atoms with Crippen LogP contribution in [0.5, 0.6) is 5.75 Å². The summed E-state index contributed by atoms with van der Waals surface area (Å²) in [6.07, 6.45) is 0. The number of thioether (sulfide) groups is 1. The van der Waals surface area contributed by atoms with Crippen molar-refractivity contribution in [2.24, 2.45) is 0 Å². The van der Waals surface area contributed by atoms with Crippen LogP contribution < -0.4 is 4.74 Å². The van der Waals surface area contributed by atoms with Crippen molar-refractivity contribution in [3.05, 3.63) is 57.6 Å². The fourth-order valence-corrected chi connectivity index (χ4v) is 3.39. The lowest BCUT2D eigenvalue weighted by Crippen LogP contribution is -1.91. The first kappa shape index (κ1) is 14.5. The predicted molar refractivity (Wildman–Crippen MR) is 86.2 cm³/mol. The van der Waals surface area contributed by atoms with Crippen molar-refractivity contribution in [1.29, 1.82) is 0 Å². The lowest BCUT2D eigenvalue weighted by Gasteiger charge is -2.10. The quantitative estimate of drug-likeness (QED) is 0.694. The van der Waals surface area contributed by atoms with Crippen molar-refractivity contribution < 1.29 is 4.74 Å². The summed E-state index contributed by atoms with van der Waals surface area (Å²) in [6, 6.07) is 12.7. The summed E-state index contributed by atoms with van der Waals surface area (Å²) in [4.78, 5) is 1.34. The molecule has 0 aliphatic carbocycles. The van der Waals surface area contributed by atoms with Gasteiger partial charge in [-0.1, -0.05) is 33.6 Å². The Labute approximate surface area is 127 Å². The van der Waals surface area contributed by atoms with Crippen molar-refractivity contribution in [2.75, 3.05) is 7.11 Å². The molecule has 1 nitrogen and oxygen atoms in total. The van der Waals surface area contributed by atoms with Gasteiger partial charge in [0.15, 0.2) is 0 Å². The highest BCUT2D eigenvalue weighted by Crippen LogP contribution is 2.32. The monoisotopic (exact) mass is 336 g/mol. The predicted octanol–water partition coefficient (Wildman–Crippen LogP) is 5.37. The van der Waals surface area contributed by atoms with Gasteiger partial charge in [-0.25, -0.2) is 0 Å². The number of halogens is 1. The van der Waals surface area contributed by atoms with Gasteiger partial charge in [0.05, 0.1) is 7.11 Å². The average Bonchev–Trinajstić information content (AvgIpc) is 2.40. The van der Waals surface area contributed by atoms with E-state index >= 15 is 0 Å². The van der Waals surface area contributed by atoms with Gasteiger partial charge < -0.3 is 4.74 Å². The minimum atomic E-state index is 0.910. The highest BCUT2D eigenvalue weighted by molar-refractivity contribution is 9.10. The van der Waals surface area contributed by atoms with Gasteiger partial charge in [-0.3, -0.25) is 0 Å². The third kappa shape index (κ3) is 3.77. The third-order valence-electron chi connectivity index (χ3n) is 2.97. The molecule has 0 aliphatic heterocycles. The Kier molecular flexibility index (Phi) is 4.94. The van der Waals surface area contributed by atoms with E-state index in [2.05, 4.69) is 54.0 Å². The van der Waals surface area contributed by atoms with E-state index < -0.39 is 0 Å². The molecule has 3 heteroatoms. The maximum Gasteiger partial charge on any atom is 0.122 e. The second kappa shape index (κ2) is 6.49. The summed E-state index contributed by atoms with van der Waals surface area (Å²) >= 11 is 5.36. The van der Waals surface area contributed by atoms with E-state index in [9.17, 15) is 0 Å². The van der Waals surface area contributed by atoms with Gasteiger partial charge in [-0.2, -0.15) is 0 Å². The van der Waals surface area contributed by atoms with Gasteiger partial charge in [0.25, 0.3) is 0 Å². The Morgan fingerprint density at radius 2 is 1.89 bits per heavy atom. The van der Waals surface area contributed by atoms with Crippen LogP contribution in [0.25, 0.3) is 0 Å². The van der Waals surface area contributed by atoms with Crippen LogP contribution in [-0.4, -0.2) is 7.11 Å². The highest BCUT2D eigenvalue weighted by Gasteiger charge is 2.06. The van der Waals surface area contributed by atoms with Crippen LogP contribution in [0, 0.1) is 13.8 Å². The van der Waals surface area contributed by atoms with Crippen molar-refractivity contribution in [3.8, 4) is 5.75 Å². The van der Waals surface area contributed by atoms with E-state index in [1.807, 2.05) is 23.9 Å². The standard InChI is InChI=1S/C16H17BrOS/c1-11-4-5-12(2)16(8-11)19-10-13-9-14(17)6-7-15(13)18-3/h4-9H,10H2,1-3H3. The lowest BCUT2D eigenvalue weighted by molar-refractivity contribution is 0.411. The van der Waals surface area contributed by atoms with Crippen LogP contribution in [0.2, 0.25) is 0 Å². The van der Waals surface area contributed by atoms with E-state index in [0.29, 0.717) is 0 Å². The molecule has 0 N–H and O–H groups in total. The molecule has 2 rings (SSSR count). The third-order valence-corrected chi connectivity index (χ3v) is 4.67. The Hall–Kier alpha value is -0.930. The maximum atomic E-state index is 5.41. The van der Waals surface area contributed by atoms with Crippen LogP contribution in [0.1, 0.15) is 16.7 Å². The first-order valence-electron chi connectivity index (χ1n) is 6.12. The zero-order chi connectivity index (χ0) is 13.8. The summed E-state index contributed by atoms with van der Waals surface area (Å²) < 4.78 is 6.50. The zero-order valence-electron chi connectivity index (χ0n) is 11.4. The topological polar surface area (TPSA) is 9.23 Å². The SMILES string of the molecule is COc1ccc(Br)cc1CSc1cc(C)ccc1C. The van der Waals surface area contributed by atoms with Crippen LogP contribution in [0.15, 0.2) is 45.8 Å². The largest absolute Gasteiger partial charge is 0.496 e. The first-order valence-corrected chi connectivity index (χ1v) is 7.90. The van der Waals surface area contributed by atoms with E-state index in [4.69, 9.17) is 4.74 Å². The van der Waals surface area contributed by atoms with Crippen LogP contribution in [-0.2, 0) is 5.75 Å². The van der Waals surface area contributed by atoms with Gasteiger partial charge in [0.1, 0.15) is 5.75 Å². The van der Waals surface area contributed by atoms with E-state index in [1.165, 1.54) is 21.6 Å². The summed E-state index contributed by atoms with van der Waals surface area (Å²) in [5.41, 5.74) is 3.83. The molecule has 0 bridgehead atoms. The summed E-state index contributed by atoms with van der Waals surface area (Å²) in [5.74, 6) is 1.86. The molecule has 0 saturated heterocycles. The molecule has 2 aromatic carbocycles. The van der Waals surface area contributed by atoms with E-state index in [-0.39, 0.29) is 0 Å². The maximum absolute atomic E-state index is 5.41.